The number of likely N-dealkylation sites (tertiary alicyclic amines) is 1. The van der Waals surface area contributed by atoms with Crippen LogP contribution in [0, 0.1) is 10.8 Å². The molecule has 1 aliphatic carbocycles. The van der Waals surface area contributed by atoms with Crippen LogP contribution in [0.1, 0.15) is 57.3 Å². The Hall–Kier alpha value is -1.59. The number of benzene rings is 1. The van der Waals surface area contributed by atoms with Crippen molar-refractivity contribution in [3.05, 3.63) is 23.8 Å². The highest BCUT2D eigenvalue weighted by Gasteiger charge is 2.49. The first kappa shape index (κ1) is 20.2. The van der Waals surface area contributed by atoms with Gasteiger partial charge < -0.3 is 14.6 Å². The molecule has 1 N–H and O–H groups in total. The number of ether oxygens (including phenoxy) is 2. The normalized spacial score (nSPS) is 28.0. The van der Waals surface area contributed by atoms with Crippen LogP contribution in [0.3, 0.4) is 0 Å². The number of aliphatic hydroxyl groups excluding tert-OH is 1. The van der Waals surface area contributed by atoms with Gasteiger partial charge in [0.15, 0.2) is 17.3 Å². The third kappa shape index (κ3) is 4.64. The van der Waals surface area contributed by atoms with E-state index in [9.17, 15) is 9.90 Å². The molecule has 0 aromatic heterocycles. The molecule has 1 saturated carbocycles. The summed E-state index contributed by atoms with van der Waals surface area (Å²) >= 11 is 0. The first-order valence-electron chi connectivity index (χ1n) is 9.85. The van der Waals surface area contributed by atoms with E-state index in [1.54, 1.807) is 25.3 Å². The standard InChI is InChI=1S/C22H33NO4/c1-15(24)16-6-7-19(20(8-16)26-5)27-12-18(25)11-23-14-22(4)10-17(23)9-21(2,3)13-22/h6-8,17-18,25H,9-14H2,1-5H3/t17-,18+,22+/m1/s1. The van der Waals surface area contributed by atoms with E-state index in [0.29, 0.717) is 40.5 Å². The zero-order valence-electron chi connectivity index (χ0n) is 17.2. The van der Waals surface area contributed by atoms with E-state index in [-0.39, 0.29) is 12.4 Å². The van der Waals surface area contributed by atoms with Gasteiger partial charge in [-0.05, 0) is 55.2 Å². The highest BCUT2D eigenvalue weighted by Crippen LogP contribution is 2.52. The second-order valence-electron chi connectivity index (χ2n) is 9.53. The number of hydrogen-bond donors (Lipinski definition) is 1. The molecule has 0 amide bonds. The number of hydrogen-bond acceptors (Lipinski definition) is 5. The molecule has 0 radical (unpaired) electrons. The van der Waals surface area contributed by atoms with Gasteiger partial charge in [0.2, 0.25) is 0 Å². The van der Waals surface area contributed by atoms with Crippen molar-refractivity contribution < 1.29 is 19.4 Å². The zero-order chi connectivity index (χ0) is 19.8. The summed E-state index contributed by atoms with van der Waals surface area (Å²) in [6.45, 7) is 10.5. The van der Waals surface area contributed by atoms with Crippen molar-refractivity contribution in [3.63, 3.8) is 0 Å². The summed E-state index contributed by atoms with van der Waals surface area (Å²) in [5, 5.41) is 10.5. The molecule has 1 aromatic carbocycles. The lowest BCUT2D eigenvalue weighted by molar-refractivity contribution is 0.0576. The van der Waals surface area contributed by atoms with Gasteiger partial charge >= 0.3 is 0 Å². The van der Waals surface area contributed by atoms with Crippen LogP contribution in [0.15, 0.2) is 18.2 Å². The molecule has 5 heteroatoms. The molecule has 150 valence electrons. The molecule has 2 bridgehead atoms. The molecule has 27 heavy (non-hydrogen) atoms. The Morgan fingerprint density at radius 2 is 2.04 bits per heavy atom. The Morgan fingerprint density at radius 1 is 1.30 bits per heavy atom. The number of Topliss-reactive ketones (excluding diaryl/α,β-unsaturated/α-hetero) is 1. The van der Waals surface area contributed by atoms with Gasteiger partial charge in [0, 0.05) is 24.7 Å². The summed E-state index contributed by atoms with van der Waals surface area (Å²) < 4.78 is 11.1. The Morgan fingerprint density at radius 3 is 2.70 bits per heavy atom. The van der Waals surface area contributed by atoms with Crippen LogP contribution >= 0.6 is 0 Å². The molecule has 0 spiro atoms. The molecular weight excluding hydrogens is 342 g/mol. The quantitative estimate of drug-likeness (QED) is 0.739. The number of aliphatic hydroxyl groups is 1. The lowest BCUT2D eigenvalue weighted by Crippen LogP contribution is -2.39. The van der Waals surface area contributed by atoms with E-state index in [0.717, 1.165) is 6.54 Å². The van der Waals surface area contributed by atoms with Crippen LogP contribution < -0.4 is 9.47 Å². The molecule has 1 aliphatic heterocycles. The van der Waals surface area contributed by atoms with Gasteiger partial charge in [-0.25, -0.2) is 0 Å². The smallest absolute Gasteiger partial charge is 0.161 e. The van der Waals surface area contributed by atoms with Gasteiger partial charge in [0.05, 0.1) is 7.11 Å². The number of ketones is 1. The number of β-amino-alcohol motifs (C(OH)–C–C–N with tert-alkyl or cyclic N) is 1. The van der Waals surface area contributed by atoms with E-state index in [1.165, 1.54) is 26.2 Å². The average Bonchev–Trinajstić information content (AvgIpc) is 2.80. The fourth-order valence-corrected chi connectivity index (χ4v) is 5.31. The summed E-state index contributed by atoms with van der Waals surface area (Å²) in [6, 6.07) is 5.68. The van der Waals surface area contributed by atoms with Crippen molar-refractivity contribution >= 4 is 5.78 Å². The number of fused-ring (bicyclic) bond motifs is 2. The first-order valence-corrected chi connectivity index (χ1v) is 9.85. The highest BCUT2D eigenvalue weighted by atomic mass is 16.5. The maximum absolute atomic E-state index is 11.5. The fraction of sp³-hybridized carbons (Fsp3) is 0.682. The fourth-order valence-electron chi connectivity index (χ4n) is 5.31. The van der Waals surface area contributed by atoms with Gasteiger partial charge in [-0.15, -0.1) is 0 Å². The second kappa shape index (κ2) is 7.44. The predicted molar refractivity (Wildman–Crippen MR) is 106 cm³/mol. The zero-order valence-corrected chi connectivity index (χ0v) is 17.2. The van der Waals surface area contributed by atoms with Crippen LogP contribution in [0.5, 0.6) is 11.5 Å². The van der Waals surface area contributed by atoms with Gasteiger partial charge in [0.25, 0.3) is 0 Å². The van der Waals surface area contributed by atoms with E-state index < -0.39 is 6.10 Å². The lowest BCUT2D eigenvalue weighted by Gasteiger charge is -2.40. The Labute approximate surface area is 162 Å². The predicted octanol–water partition coefficient (Wildman–Crippen LogP) is 3.54. The third-order valence-corrected chi connectivity index (χ3v) is 5.97. The van der Waals surface area contributed by atoms with E-state index in [2.05, 4.69) is 25.7 Å². The van der Waals surface area contributed by atoms with Gasteiger partial charge in [-0.2, -0.15) is 0 Å². The molecule has 1 aromatic rings. The van der Waals surface area contributed by atoms with Crippen molar-refractivity contribution in [1.82, 2.24) is 4.90 Å². The van der Waals surface area contributed by atoms with Crippen LogP contribution in [0.25, 0.3) is 0 Å². The molecule has 2 fully saturated rings. The first-order chi connectivity index (χ1) is 12.6. The molecule has 5 nitrogen and oxygen atoms in total. The van der Waals surface area contributed by atoms with Gasteiger partial charge in [-0.3, -0.25) is 9.69 Å². The molecule has 3 rings (SSSR count). The van der Waals surface area contributed by atoms with E-state index >= 15 is 0 Å². The third-order valence-electron chi connectivity index (χ3n) is 5.97. The van der Waals surface area contributed by atoms with Crippen molar-refractivity contribution in [3.8, 4) is 11.5 Å². The summed E-state index contributed by atoms with van der Waals surface area (Å²) in [5.41, 5.74) is 1.32. The van der Waals surface area contributed by atoms with Crippen LogP contribution in [0.2, 0.25) is 0 Å². The Bertz CT molecular complexity index is 702. The molecule has 1 saturated heterocycles. The lowest BCUT2D eigenvalue weighted by atomic mass is 9.65. The molecule has 3 atom stereocenters. The largest absolute Gasteiger partial charge is 0.493 e. The molecule has 1 heterocycles. The van der Waals surface area contributed by atoms with Crippen LogP contribution in [0.4, 0.5) is 0 Å². The minimum Gasteiger partial charge on any atom is -0.493 e. The summed E-state index contributed by atoms with van der Waals surface area (Å²) in [4.78, 5) is 13.9. The number of methoxy groups -OCH3 is 1. The summed E-state index contributed by atoms with van der Waals surface area (Å²) in [5.74, 6) is 1.05. The van der Waals surface area contributed by atoms with E-state index in [4.69, 9.17) is 9.47 Å². The number of nitrogens with zero attached hydrogens (tertiary/aromatic N) is 1. The summed E-state index contributed by atoms with van der Waals surface area (Å²) in [7, 11) is 1.55. The van der Waals surface area contributed by atoms with Crippen LogP contribution in [-0.4, -0.2) is 54.7 Å². The number of rotatable bonds is 7. The SMILES string of the molecule is COc1cc(C(C)=O)ccc1OC[C@@H](O)CN1C[C@@]2(C)C[C@H]1CC(C)(C)C2. The minimum absolute atomic E-state index is 0.0172. The van der Waals surface area contributed by atoms with Crippen molar-refractivity contribution in [1.29, 1.82) is 0 Å². The van der Waals surface area contributed by atoms with Gasteiger partial charge in [0.1, 0.15) is 12.7 Å². The number of carbonyl (C=O) groups is 1. The second-order valence-corrected chi connectivity index (χ2v) is 9.53. The molecular formula is C22H33NO4. The average molecular weight is 376 g/mol. The monoisotopic (exact) mass is 375 g/mol. The maximum Gasteiger partial charge on any atom is 0.161 e. The summed E-state index contributed by atoms with van der Waals surface area (Å²) in [6.07, 6.45) is 3.10. The van der Waals surface area contributed by atoms with Crippen molar-refractivity contribution in [2.24, 2.45) is 10.8 Å². The van der Waals surface area contributed by atoms with Crippen LogP contribution in [-0.2, 0) is 0 Å². The maximum atomic E-state index is 11.5. The molecule has 0 unspecified atom stereocenters. The Balaban J connectivity index is 1.58. The molecule has 2 aliphatic rings. The number of carbonyl (C=O) groups excluding carboxylic acids is 1. The highest BCUT2D eigenvalue weighted by molar-refractivity contribution is 5.94. The van der Waals surface area contributed by atoms with Gasteiger partial charge in [-0.1, -0.05) is 20.8 Å². The van der Waals surface area contributed by atoms with Crippen molar-refractivity contribution in [2.45, 2.75) is 59.1 Å². The minimum atomic E-state index is -0.562. The Kier molecular flexibility index (Phi) is 5.55. The topological polar surface area (TPSA) is 59.0 Å². The van der Waals surface area contributed by atoms with Crippen molar-refractivity contribution in [2.75, 3.05) is 26.8 Å². The van der Waals surface area contributed by atoms with E-state index in [1.807, 2.05) is 0 Å².